The Bertz CT molecular complexity index is 508. The minimum Gasteiger partial charge on any atom is -0.356 e. The first kappa shape index (κ1) is 12.8. The number of carbonyl (C=O) groups excluding carboxylic acids is 1. The molecular formula is C14H16N2OS. The fourth-order valence-electron chi connectivity index (χ4n) is 1.69. The Hall–Kier alpha value is -1.68. The Labute approximate surface area is 111 Å². The first-order valence-corrected chi connectivity index (χ1v) is 6.77. The second-order valence-electron chi connectivity index (χ2n) is 4.12. The number of hydrogen-bond acceptors (Lipinski definition) is 3. The van der Waals surface area contributed by atoms with Crippen molar-refractivity contribution in [2.45, 2.75) is 19.8 Å². The maximum Gasteiger partial charge on any atom is 0.216 e. The topological polar surface area (TPSA) is 42.0 Å². The van der Waals surface area contributed by atoms with E-state index in [9.17, 15) is 4.79 Å². The zero-order valence-electron chi connectivity index (χ0n) is 10.3. The summed E-state index contributed by atoms with van der Waals surface area (Å²) < 4.78 is 0. The molecule has 0 atom stereocenters. The summed E-state index contributed by atoms with van der Waals surface area (Å²) in [6.45, 7) is 2.19. The second-order valence-corrected chi connectivity index (χ2v) is 5.32. The lowest BCUT2D eigenvalue weighted by atomic mass is 10.1. The summed E-state index contributed by atoms with van der Waals surface area (Å²) >= 11 is 1.72. The van der Waals surface area contributed by atoms with Crippen molar-refractivity contribution in [3.8, 4) is 0 Å². The van der Waals surface area contributed by atoms with Gasteiger partial charge >= 0.3 is 0 Å². The molecule has 1 amide bonds. The van der Waals surface area contributed by atoms with Crippen LogP contribution in [0.1, 0.15) is 22.4 Å². The molecule has 0 radical (unpaired) electrons. The molecule has 4 heteroatoms. The predicted octanol–water partition coefficient (Wildman–Crippen LogP) is 2.41. The molecule has 0 saturated heterocycles. The van der Waals surface area contributed by atoms with E-state index in [1.165, 1.54) is 17.4 Å². The third-order valence-electron chi connectivity index (χ3n) is 2.54. The summed E-state index contributed by atoms with van der Waals surface area (Å²) in [6, 6.07) is 10.4. The number of nitrogens with one attached hydrogen (secondary N) is 1. The smallest absolute Gasteiger partial charge is 0.216 e. The number of thiazole rings is 1. The van der Waals surface area contributed by atoms with Crippen LogP contribution in [0.3, 0.4) is 0 Å². The third kappa shape index (κ3) is 3.96. The highest BCUT2D eigenvalue weighted by molar-refractivity contribution is 7.11. The van der Waals surface area contributed by atoms with Crippen molar-refractivity contribution in [2.75, 3.05) is 6.54 Å². The largest absolute Gasteiger partial charge is 0.356 e. The zero-order chi connectivity index (χ0) is 12.8. The number of benzene rings is 1. The zero-order valence-corrected chi connectivity index (χ0v) is 11.2. The van der Waals surface area contributed by atoms with E-state index in [0.717, 1.165) is 17.8 Å². The van der Waals surface area contributed by atoms with Crippen LogP contribution in [0.4, 0.5) is 0 Å². The van der Waals surface area contributed by atoms with E-state index < -0.39 is 0 Å². The van der Waals surface area contributed by atoms with Crippen LogP contribution in [0.2, 0.25) is 0 Å². The van der Waals surface area contributed by atoms with Gasteiger partial charge in [0.15, 0.2) is 0 Å². The normalized spacial score (nSPS) is 10.3. The van der Waals surface area contributed by atoms with Gasteiger partial charge in [0, 0.05) is 37.4 Å². The fourth-order valence-corrected chi connectivity index (χ4v) is 2.64. The Morgan fingerprint density at radius 2 is 2.11 bits per heavy atom. The Kier molecular flexibility index (Phi) is 4.47. The fraction of sp³-hybridized carbons (Fsp3) is 0.286. The van der Waals surface area contributed by atoms with E-state index in [4.69, 9.17) is 0 Å². The van der Waals surface area contributed by atoms with Crippen LogP contribution < -0.4 is 5.32 Å². The van der Waals surface area contributed by atoms with Crippen molar-refractivity contribution in [1.82, 2.24) is 10.3 Å². The van der Waals surface area contributed by atoms with Crippen LogP contribution in [0.5, 0.6) is 0 Å². The summed E-state index contributed by atoms with van der Waals surface area (Å²) in [5.74, 6) is 0.0102. The second kappa shape index (κ2) is 6.31. The van der Waals surface area contributed by atoms with Crippen LogP contribution in [0.15, 0.2) is 36.5 Å². The molecule has 0 spiro atoms. The van der Waals surface area contributed by atoms with Gasteiger partial charge in [-0.1, -0.05) is 30.3 Å². The van der Waals surface area contributed by atoms with Gasteiger partial charge in [0.05, 0.1) is 5.01 Å². The van der Waals surface area contributed by atoms with E-state index in [0.29, 0.717) is 6.54 Å². The standard InChI is InChI=1S/C14H16N2OS/c1-11(17)15-8-7-14-16-10-13(18-14)9-12-5-3-2-4-6-12/h2-6,10H,7-9H2,1H3,(H,15,17). The molecule has 1 N–H and O–H groups in total. The molecule has 0 aliphatic heterocycles. The van der Waals surface area contributed by atoms with Gasteiger partial charge in [-0.3, -0.25) is 4.79 Å². The van der Waals surface area contributed by atoms with Gasteiger partial charge in [-0.2, -0.15) is 0 Å². The van der Waals surface area contributed by atoms with Crippen LogP contribution in [0.25, 0.3) is 0 Å². The Balaban J connectivity index is 1.88. The number of nitrogens with zero attached hydrogens (tertiary/aromatic N) is 1. The highest BCUT2D eigenvalue weighted by Crippen LogP contribution is 2.17. The maximum absolute atomic E-state index is 10.8. The average Bonchev–Trinajstić information content (AvgIpc) is 2.78. The molecule has 2 rings (SSSR count). The van der Waals surface area contributed by atoms with E-state index in [1.807, 2.05) is 24.4 Å². The lowest BCUT2D eigenvalue weighted by Crippen LogP contribution is -2.22. The van der Waals surface area contributed by atoms with Gasteiger partial charge in [-0.05, 0) is 5.56 Å². The quantitative estimate of drug-likeness (QED) is 0.897. The van der Waals surface area contributed by atoms with Crippen molar-refractivity contribution in [3.63, 3.8) is 0 Å². The molecule has 0 fully saturated rings. The number of amides is 1. The molecule has 94 valence electrons. The van der Waals surface area contributed by atoms with Crippen molar-refractivity contribution in [2.24, 2.45) is 0 Å². The molecule has 3 nitrogen and oxygen atoms in total. The van der Waals surface area contributed by atoms with Crippen LogP contribution >= 0.6 is 11.3 Å². The highest BCUT2D eigenvalue weighted by atomic mass is 32.1. The van der Waals surface area contributed by atoms with Gasteiger partial charge in [0.25, 0.3) is 0 Å². The molecule has 0 unspecified atom stereocenters. The lowest BCUT2D eigenvalue weighted by molar-refractivity contribution is -0.118. The molecule has 1 aromatic heterocycles. The molecular weight excluding hydrogens is 244 g/mol. The molecule has 18 heavy (non-hydrogen) atoms. The maximum atomic E-state index is 10.8. The SMILES string of the molecule is CC(=O)NCCc1ncc(Cc2ccccc2)s1. The van der Waals surface area contributed by atoms with Gasteiger partial charge in [-0.15, -0.1) is 11.3 Å². The van der Waals surface area contributed by atoms with Crippen LogP contribution in [0, 0.1) is 0 Å². The van der Waals surface area contributed by atoms with Gasteiger partial charge in [-0.25, -0.2) is 4.98 Å². The molecule has 1 heterocycles. The lowest BCUT2D eigenvalue weighted by Gasteiger charge is -1.98. The average molecular weight is 260 g/mol. The number of aromatic nitrogens is 1. The third-order valence-corrected chi connectivity index (χ3v) is 3.59. The molecule has 0 saturated carbocycles. The van der Waals surface area contributed by atoms with E-state index in [1.54, 1.807) is 11.3 Å². The summed E-state index contributed by atoms with van der Waals surface area (Å²) in [5, 5.41) is 3.86. The van der Waals surface area contributed by atoms with Crippen LogP contribution in [-0.2, 0) is 17.6 Å². The van der Waals surface area contributed by atoms with Crippen LogP contribution in [-0.4, -0.2) is 17.4 Å². The summed E-state index contributed by atoms with van der Waals surface area (Å²) in [5.41, 5.74) is 1.30. The first-order chi connectivity index (χ1) is 8.74. The van der Waals surface area contributed by atoms with Gasteiger partial charge in [0.1, 0.15) is 0 Å². The van der Waals surface area contributed by atoms with Crippen molar-refractivity contribution < 1.29 is 4.79 Å². The van der Waals surface area contributed by atoms with E-state index in [-0.39, 0.29) is 5.91 Å². The molecule has 2 aromatic rings. The number of carbonyl (C=O) groups is 1. The van der Waals surface area contributed by atoms with Crippen molar-refractivity contribution >= 4 is 17.2 Å². The van der Waals surface area contributed by atoms with E-state index in [2.05, 4.69) is 22.4 Å². The molecule has 1 aromatic carbocycles. The summed E-state index contributed by atoms with van der Waals surface area (Å²) in [7, 11) is 0. The number of hydrogen-bond donors (Lipinski definition) is 1. The summed E-state index contributed by atoms with van der Waals surface area (Å²) in [4.78, 5) is 16.4. The van der Waals surface area contributed by atoms with Gasteiger partial charge < -0.3 is 5.32 Å². The minimum atomic E-state index is 0.0102. The molecule has 0 aliphatic rings. The summed E-state index contributed by atoms with van der Waals surface area (Å²) in [6.07, 6.45) is 3.67. The molecule has 0 bridgehead atoms. The first-order valence-electron chi connectivity index (χ1n) is 5.96. The monoisotopic (exact) mass is 260 g/mol. The van der Waals surface area contributed by atoms with Gasteiger partial charge in [0.2, 0.25) is 5.91 Å². The Morgan fingerprint density at radius 1 is 1.33 bits per heavy atom. The number of rotatable bonds is 5. The van der Waals surface area contributed by atoms with E-state index >= 15 is 0 Å². The highest BCUT2D eigenvalue weighted by Gasteiger charge is 2.03. The Morgan fingerprint density at radius 3 is 2.83 bits per heavy atom. The predicted molar refractivity (Wildman–Crippen MR) is 73.7 cm³/mol. The van der Waals surface area contributed by atoms with Crippen molar-refractivity contribution in [3.05, 3.63) is 52.0 Å². The minimum absolute atomic E-state index is 0.0102. The van der Waals surface area contributed by atoms with Crippen molar-refractivity contribution in [1.29, 1.82) is 0 Å². The molecule has 0 aliphatic carbocycles.